The molecule has 1 aliphatic carbocycles. The number of hydrogen-bond acceptors (Lipinski definition) is 6. The lowest BCUT2D eigenvalue weighted by Crippen LogP contribution is -2.26. The standard InChI is InChI=1S/C19H18N2O5S/c1-12-15(11-22)21-9-5-8-16(19(21)20-12)25-18-14-7-4-3-6-13(14)10-17(18)26-27(2,23)24/h3-9,11,17-18H,10H2,1-2H3. The van der Waals surface area contributed by atoms with Crippen LogP contribution in [0.2, 0.25) is 0 Å². The van der Waals surface area contributed by atoms with Crippen molar-refractivity contribution in [1.82, 2.24) is 9.38 Å². The summed E-state index contributed by atoms with van der Waals surface area (Å²) >= 11 is 0. The van der Waals surface area contributed by atoms with Crippen LogP contribution in [0.15, 0.2) is 42.6 Å². The number of pyridine rings is 1. The minimum absolute atomic E-state index is 0.435. The Morgan fingerprint density at radius 2 is 2.00 bits per heavy atom. The second kappa shape index (κ2) is 6.47. The molecular weight excluding hydrogens is 368 g/mol. The van der Waals surface area contributed by atoms with Crippen molar-refractivity contribution in [3.05, 3.63) is 65.1 Å². The van der Waals surface area contributed by atoms with Gasteiger partial charge in [0, 0.05) is 12.6 Å². The van der Waals surface area contributed by atoms with Crippen LogP contribution >= 0.6 is 0 Å². The van der Waals surface area contributed by atoms with Crippen molar-refractivity contribution in [3.63, 3.8) is 0 Å². The number of aldehydes is 1. The molecule has 4 rings (SSSR count). The molecule has 27 heavy (non-hydrogen) atoms. The van der Waals surface area contributed by atoms with Crippen LogP contribution in [0.4, 0.5) is 0 Å². The van der Waals surface area contributed by atoms with Crippen LogP contribution in [0.25, 0.3) is 5.65 Å². The van der Waals surface area contributed by atoms with Gasteiger partial charge in [0.15, 0.2) is 23.8 Å². The number of nitrogens with zero attached hydrogens (tertiary/aromatic N) is 2. The van der Waals surface area contributed by atoms with Gasteiger partial charge in [-0.2, -0.15) is 8.42 Å². The van der Waals surface area contributed by atoms with Crippen LogP contribution in [0.5, 0.6) is 5.75 Å². The zero-order chi connectivity index (χ0) is 19.2. The van der Waals surface area contributed by atoms with Crippen LogP contribution < -0.4 is 4.74 Å². The van der Waals surface area contributed by atoms with Crippen molar-refractivity contribution >= 4 is 22.1 Å². The van der Waals surface area contributed by atoms with E-state index in [0.717, 1.165) is 23.7 Å². The minimum atomic E-state index is -3.65. The maximum atomic E-state index is 11.7. The van der Waals surface area contributed by atoms with E-state index in [4.69, 9.17) is 8.92 Å². The van der Waals surface area contributed by atoms with Gasteiger partial charge in [-0.05, 0) is 30.2 Å². The lowest BCUT2D eigenvalue weighted by atomic mass is 10.1. The van der Waals surface area contributed by atoms with E-state index in [1.807, 2.05) is 24.3 Å². The molecular formula is C19H18N2O5S. The summed E-state index contributed by atoms with van der Waals surface area (Å²) in [5.74, 6) is 0.456. The van der Waals surface area contributed by atoms with Crippen LogP contribution in [-0.2, 0) is 20.7 Å². The van der Waals surface area contributed by atoms with Gasteiger partial charge in [0.05, 0.1) is 11.9 Å². The molecule has 0 aliphatic heterocycles. The van der Waals surface area contributed by atoms with Crippen LogP contribution in [-0.4, -0.2) is 36.4 Å². The van der Waals surface area contributed by atoms with Gasteiger partial charge in [-0.25, -0.2) is 4.98 Å². The van der Waals surface area contributed by atoms with E-state index in [9.17, 15) is 13.2 Å². The molecule has 2 atom stereocenters. The van der Waals surface area contributed by atoms with Gasteiger partial charge in [-0.3, -0.25) is 13.4 Å². The van der Waals surface area contributed by atoms with Gasteiger partial charge >= 0.3 is 0 Å². The number of aryl methyl sites for hydroxylation is 1. The maximum absolute atomic E-state index is 11.7. The first kappa shape index (κ1) is 17.7. The van der Waals surface area contributed by atoms with Crippen LogP contribution in [0, 0.1) is 6.92 Å². The zero-order valence-electron chi connectivity index (χ0n) is 14.8. The molecule has 2 unspecified atom stereocenters. The fourth-order valence-corrected chi connectivity index (χ4v) is 4.13. The third-order valence-electron chi connectivity index (χ3n) is 4.62. The third kappa shape index (κ3) is 3.22. The summed E-state index contributed by atoms with van der Waals surface area (Å²) in [5, 5.41) is 0. The molecule has 0 fully saturated rings. The van der Waals surface area contributed by atoms with E-state index in [-0.39, 0.29) is 0 Å². The maximum Gasteiger partial charge on any atom is 0.264 e. The zero-order valence-corrected chi connectivity index (χ0v) is 15.6. The summed E-state index contributed by atoms with van der Waals surface area (Å²) in [4.78, 5) is 15.8. The quantitative estimate of drug-likeness (QED) is 0.495. The summed E-state index contributed by atoms with van der Waals surface area (Å²) in [6.45, 7) is 1.75. The lowest BCUT2D eigenvalue weighted by molar-refractivity contribution is 0.0733. The molecule has 3 aromatic rings. The molecule has 0 bridgehead atoms. The molecule has 0 amide bonds. The predicted octanol–water partition coefficient (Wildman–Crippen LogP) is 2.48. The molecule has 2 aromatic heterocycles. The summed E-state index contributed by atoms with van der Waals surface area (Å²) in [6.07, 6.45) is 2.68. The number of rotatable bonds is 5. The molecule has 2 heterocycles. The average Bonchev–Trinajstić information content (AvgIpc) is 3.11. The van der Waals surface area contributed by atoms with Gasteiger partial charge in [-0.15, -0.1) is 0 Å². The summed E-state index contributed by atoms with van der Waals surface area (Å²) in [7, 11) is -3.65. The third-order valence-corrected chi connectivity index (χ3v) is 5.22. The Balaban J connectivity index is 1.77. The number of imidazole rings is 1. The Kier molecular flexibility index (Phi) is 4.24. The van der Waals surface area contributed by atoms with Gasteiger partial charge in [0.1, 0.15) is 11.8 Å². The summed E-state index contributed by atoms with van der Waals surface area (Å²) in [5.41, 5.74) is 3.41. The first-order chi connectivity index (χ1) is 12.9. The molecule has 0 N–H and O–H groups in total. The number of aromatic nitrogens is 2. The molecule has 1 aliphatic rings. The minimum Gasteiger partial charge on any atom is -0.479 e. The van der Waals surface area contributed by atoms with Crippen LogP contribution in [0.1, 0.15) is 33.4 Å². The lowest BCUT2D eigenvalue weighted by Gasteiger charge is -2.21. The SMILES string of the molecule is Cc1nc2c(OC3c4ccccc4CC3OS(C)(=O)=O)cccn2c1C=O. The van der Waals surface area contributed by atoms with Gasteiger partial charge in [0.2, 0.25) is 0 Å². The Morgan fingerprint density at radius 1 is 1.22 bits per heavy atom. The molecule has 0 radical (unpaired) electrons. The van der Waals surface area contributed by atoms with Crippen LogP contribution in [0.3, 0.4) is 0 Å². The van der Waals surface area contributed by atoms with E-state index in [1.165, 1.54) is 0 Å². The van der Waals surface area contributed by atoms with E-state index in [0.29, 0.717) is 29.2 Å². The fraction of sp³-hybridized carbons (Fsp3) is 0.263. The Hall–Kier alpha value is -2.71. The number of carbonyl (C=O) groups is 1. The molecule has 0 saturated carbocycles. The number of benzene rings is 1. The van der Waals surface area contributed by atoms with E-state index < -0.39 is 22.3 Å². The first-order valence-electron chi connectivity index (χ1n) is 8.43. The normalized spacial score (nSPS) is 19.2. The Bertz CT molecular complexity index is 1140. The predicted molar refractivity (Wildman–Crippen MR) is 98.5 cm³/mol. The van der Waals surface area contributed by atoms with Crippen molar-refractivity contribution in [1.29, 1.82) is 0 Å². The highest BCUT2D eigenvalue weighted by atomic mass is 32.2. The largest absolute Gasteiger partial charge is 0.479 e. The van der Waals surface area contributed by atoms with E-state index in [1.54, 1.807) is 29.7 Å². The second-order valence-corrected chi connectivity index (χ2v) is 8.15. The molecule has 8 heteroatoms. The highest BCUT2D eigenvalue weighted by Crippen LogP contribution is 2.38. The molecule has 1 aromatic carbocycles. The van der Waals surface area contributed by atoms with Crippen molar-refractivity contribution in [3.8, 4) is 5.75 Å². The van der Waals surface area contributed by atoms with Crippen molar-refractivity contribution in [2.45, 2.75) is 25.6 Å². The highest BCUT2D eigenvalue weighted by molar-refractivity contribution is 7.86. The van der Waals surface area contributed by atoms with Gasteiger partial charge in [0.25, 0.3) is 10.1 Å². The first-order valence-corrected chi connectivity index (χ1v) is 10.2. The van der Waals surface area contributed by atoms with Gasteiger partial charge < -0.3 is 4.74 Å². The molecule has 0 saturated heterocycles. The smallest absolute Gasteiger partial charge is 0.264 e. The monoisotopic (exact) mass is 386 g/mol. The molecule has 0 spiro atoms. The van der Waals surface area contributed by atoms with Crippen molar-refractivity contribution < 1.29 is 22.1 Å². The Morgan fingerprint density at radius 3 is 2.74 bits per heavy atom. The van der Waals surface area contributed by atoms with E-state index in [2.05, 4.69) is 4.98 Å². The number of ether oxygens (including phenoxy) is 1. The fourth-order valence-electron chi connectivity index (χ4n) is 3.52. The number of hydrogen-bond donors (Lipinski definition) is 0. The number of fused-ring (bicyclic) bond motifs is 2. The molecule has 140 valence electrons. The topological polar surface area (TPSA) is 87.0 Å². The van der Waals surface area contributed by atoms with Crippen molar-refractivity contribution in [2.75, 3.05) is 6.26 Å². The van der Waals surface area contributed by atoms with Gasteiger partial charge in [-0.1, -0.05) is 24.3 Å². The second-order valence-electron chi connectivity index (χ2n) is 6.55. The average molecular weight is 386 g/mol. The van der Waals surface area contributed by atoms with Crippen molar-refractivity contribution in [2.24, 2.45) is 0 Å². The highest BCUT2D eigenvalue weighted by Gasteiger charge is 2.37. The molecule has 7 nitrogen and oxygen atoms in total. The number of carbonyl (C=O) groups excluding carboxylic acids is 1. The summed E-state index contributed by atoms with van der Waals surface area (Å²) < 4.78 is 36.6. The summed E-state index contributed by atoms with van der Waals surface area (Å²) in [6, 6.07) is 11.1. The Labute approximate surface area is 156 Å². The van der Waals surface area contributed by atoms with E-state index >= 15 is 0 Å².